The van der Waals surface area contributed by atoms with Gasteiger partial charge in [0.25, 0.3) is 0 Å². The molecule has 0 spiro atoms. The van der Waals surface area contributed by atoms with Gasteiger partial charge in [0.15, 0.2) is 5.78 Å². The minimum absolute atomic E-state index is 0.0112. The standard InChI is InChI=1S/C22H25ClO5/c1-12(25)14-4-2-13(3-5-14)8-16-9-15(6-7-19(16)23)18-10-17(11-24)20(26)22(28)21(18)27/h2-7,9,17-18,20-22,24,26-28H,8,10-11H2,1H3/t17-,18+,20-,21+,22+/m1/s1. The second-order valence-electron chi connectivity index (χ2n) is 7.54. The average molecular weight is 405 g/mol. The normalized spacial score (nSPS) is 27.6. The van der Waals surface area contributed by atoms with Crippen LogP contribution in [0.5, 0.6) is 0 Å². The summed E-state index contributed by atoms with van der Waals surface area (Å²) < 4.78 is 0. The lowest BCUT2D eigenvalue weighted by molar-refractivity contribution is -0.127. The molecule has 1 fully saturated rings. The molecule has 0 heterocycles. The van der Waals surface area contributed by atoms with E-state index < -0.39 is 30.1 Å². The van der Waals surface area contributed by atoms with Gasteiger partial charge in [0.05, 0.1) is 12.2 Å². The number of halogens is 1. The van der Waals surface area contributed by atoms with Gasteiger partial charge in [0, 0.05) is 29.0 Å². The highest BCUT2D eigenvalue weighted by Gasteiger charge is 2.42. The summed E-state index contributed by atoms with van der Waals surface area (Å²) in [5.41, 5.74) is 3.31. The van der Waals surface area contributed by atoms with Gasteiger partial charge in [-0.05, 0) is 42.5 Å². The van der Waals surface area contributed by atoms with Gasteiger partial charge in [-0.25, -0.2) is 0 Å². The summed E-state index contributed by atoms with van der Waals surface area (Å²) in [4.78, 5) is 11.4. The molecule has 4 N–H and O–H groups in total. The predicted octanol–water partition coefficient (Wildman–Crippen LogP) is 2.31. The van der Waals surface area contributed by atoms with Crippen LogP contribution in [0.2, 0.25) is 5.02 Å². The number of hydrogen-bond acceptors (Lipinski definition) is 5. The molecular formula is C22H25ClO5. The predicted molar refractivity (Wildman–Crippen MR) is 107 cm³/mol. The zero-order chi connectivity index (χ0) is 20.4. The Bertz CT molecular complexity index is 833. The van der Waals surface area contributed by atoms with Crippen LogP contribution in [-0.2, 0) is 6.42 Å². The molecule has 0 unspecified atom stereocenters. The molecule has 28 heavy (non-hydrogen) atoms. The quantitative estimate of drug-likeness (QED) is 0.573. The number of rotatable bonds is 5. The smallest absolute Gasteiger partial charge is 0.159 e. The van der Waals surface area contributed by atoms with Crippen LogP contribution in [0.4, 0.5) is 0 Å². The van der Waals surface area contributed by atoms with Crippen LogP contribution in [0.15, 0.2) is 42.5 Å². The fourth-order valence-corrected chi connectivity index (χ4v) is 4.06. The number of benzene rings is 2. The number of ketones is 1. The molecule has 150 valence electrons. The van der Waals surface area contributed by atoms with E-state index in [0.29, 0.717) is 23.4 Å². The van der Waals surface area contributed by atoms with Crippen LogP contribution in [0, 0.1) is 5.92 Å². The van der Waals surface area contributed by atoms with E-state index in [2.05, 4.69) is 0 Å². The second kappa shape index (κ2) is 8.72. The number of carbonyl (C=O) groups is 1. The Labute approximate surface area is 169 Å². The Morgan fingerprint density at radius 3 is 2.32 bits per heavy atom. The number of aliphatic hydroxyl groups is 4. The fourth-order valence-electron chi connectivity index (χ4n) is 3.88. The monoisotopic (exact) mass is 404 g/mol. The maximum atomic E-state index is 11.4. The van der Waals surface area contributed by atoms with Crippen molar-refractivity contribution in [2.24, 2.45) is 5.92 Å². The molecule has 0 aliphatic heterocycles. The third-order valence-corrected chi connectivity index (χ3v) is 6.01. The van der Waals surface area contributed by atoms with Crippen molar-refractivity contribution in [2.45, 2.75) is 44.0 Å². The van der Waals surface area contributed by atoms with E-state index in [1.54, 1.807) is 24.3 Å². The van der Waals surface area contributed by atoms with Crippen LogP contribution in [0.25, 0.3) is 0 Å². The lowest BCUT2D eigenvalue weighted by atomic mass is 9.73. The van der Waals surface area contributed by atoms with Crippen molar-refractivity contribution in [3.05, 3.63) is 69.7 Å². The Kier molecular flexibility index (Phi) is 6.53. The number of carbonyl (C=O) groups excluding carboxylic acids is 1. The first kappa shape index (κ1) is 21.0. The summed E-state index contributed by atoms with van der Waals surface area (Å²) in [6.45, 7) is 1.26. The minimum Gasteiger partial charge on any atom is -0.396 e. The van der Waals surface area contributed by atoms with Gasteiger partial charge in [-0.1, -0.05) is 48.0 Å². The van der Waals surface area contributed by atoms with Crippen LogP contribution >= 0.6 is 11.6 Å². The molecule has 2 aromatic carbocycles. The summed E-state index contributed by atoms with van der Waals surface area (Å²) in [6, 6.07) is 12.8. The minimum atomic E-state index is -1.31. The van der Waals surface area contributed by atoms with E-state index in [0.717, 1.165) is 16.7 Å². The molecule has 0 radical (unpaired) electrons. The highest BCUT2D eigenvalue weighted by molar-refractivity contribution is 6.31. The highest BCUT2D eigenvalue weighted by atomic mass is 35.5. The van der Waals surface area contributed by atoms with Gasteiger partial charge in [-0.15, -0.1) is 0 Å². The summed E-state index contributed by atoms with van der Waals surface area (Å²) in [5.74, 6) is -0.898. The molecule has 2 aromatic rings. The largest absolute Gasteiger partial charge is 0.396 e. The maximum Gasteiger partial charge on any atom is 0.159 e. The molecule has 0 aromatic heterocycles. The van der Waals surface area contributed by atoms with E-state index in [1.807, 2.05) is 18.2 Å². The van der Waals surface area contributed by atoms with Gasteiger partial charge >= 0.3 is 0 Å². The average Bonchev–Trinajstić information content (AvgIpc) is 2.69. The Morgan fingerprint density at radius 2 is 1.71 bits per heavy atom. The maximum absolute atomic E-state index is 11.4. The number of hydrogen-bond donors (Lipinski definition) is 4. The van der Waals surface area contributed by atoms with E-state index in [1.165, 1.54) is 6.92 Å². The van der Waals surface area contributed by atoms with Gasteiger partial charge < -0.3 is 20.4 Å². The zero-order valence-electron chi connectivity index (χ0n) is 15.6. The van der Waals surface area contributed by atoms with E-state index >= 15 is 0 Å². The highest BCUT2D eigenvalue weighted by Crippen LogP contribution is 2.38. The zero-order valence-corrected chi connectivity index (χ0v) is 16.4. The summed E-state index contributed by atoms with van der Waals surface area (Å²) >= 11 is 6.36. The first-order valence-corrected chi connectivity index (χ1v) is 9.73. The first-order chi connectivity index (χ1) is 13.3. The van der Waals surface area contributed by atoms with Crippen molar-refractivity contribution in [1.82, 2.24) is 0 Å². The van der Waals surface area contributed by atoms with Gasteiger partial charge in [-0.2, -0.15) is 0 Å². The second-order valence-corrected chi connectivity index (χ2v) is 7.94. The van der Waals surface area contributed by atoms with Crippen LogP contribution < -0.4 is 0 Å². The summed E-state index contributed by atoms with van der Waals surface area (Å²) in [6.07, 6.45) is -2.66. The van der Waals surface area contributed by atoms with Gasteiger partial charge in [0.2, 0.25) is 0 Å². The SMILES string of the molecule is CC(=O)c1ccc(Cc2cc([C@@H]3C[C@H](CO)[C@@H](O)[C@H](O)[C@H]3O)ccc2Cl)cc1. The number of aliphatic hydroxyl groups excluding tert-OH is 4. The number of Topliss-reactive ketones (excluding diaryl/α,β-unsaturated/α-hetero) is 1. The fraction of sp³-hybridized carbons (Fsp3) is 0.409. The van der Waals surface area contributed by atoms with Crippen LogP contribution in [0.3, 0.4) is 0 Å². The Hall–Kier alpha value is -1.76. The first-order valence-electron chi connectivity index (χ1n) is 9.35. The molecule has 5 atom stereocenters. The molecule has 1 aliphatic rings. The van der Waals surface area contributed by atoms with Gasteiger partial charge in [-0.3, -0.25) is 4.79 Å². The van der Waals surface area contributed by atoms with E-state index in [-0.39, 0.29) is 12.4 Å². The lowest BCUT2D eigenvalue weighted by Crippen LogP contribution is -2.51. The van der Waals surface area contributed by atoms with Crippen molar-refractivity contribution in [2.75, 3.05) is 6.61 Å². The van der Waals surface area contributed by atoms with Crippen LogP contribution in [0.1, 0.15) is 46.3 Å². The van der Waals surface area contributed by atoms with Crippen molar-refractivity contribution in [3.8, 4) is 0 Å². The Balaban J connectivity index is 1.85. The van der Waals surface area contributed by atoms with Gasteiger partial charge in [0.1, 0.15) is 6.10 Å². The van der Waals surface area contributed by atoms with Crippen LogP contribution in [-0.4, -0.2) is 51.1 Å². The molecule has 5 nitrogen and oxygen atoms in total. The van der Waals surface area contributed by atoms with E-state index in [4.69, 9.17) is 11.6 Å². The van der Waals surface area contributed by atoms with Crippen molar-refractivity contribution >= 4 is 17.4 Å². The summed E-state index contributed by atoms with van der Waals surface area (Å²) in [5, 5.41) is 40.7. The topological polar surface area (TPSA) is 98.0 Å². The molecule has 1 aliphatic carbocycles. The lowest BCUT2D eigenvalue weighted by Gasteiger charge is -2.40. The molecule has 0 amide bonds. The third-order valence-electron chi connectivity index (χ3n) is 5.64. The van der Waals surface area contributed by atoms with Crippen molar-refractivity contribution in [3.63, 3.8) is 0 Å². The molecule has 0 saturated heterocycles. The van der Waals surface area contributed by atoms with E-state index in [9.17, 15) is 25.2 Å². The molecule has 0 bridgehead atoms. The van der Waals surface area contributed by atoms with Crippen molar-refractivity contribution < 1.29 is 25.2 Å². The Morgan fingerprint density at radius 1 is 1.04 bits per heavy atom. The molecule has 6 heteroatoms. The summed E-state index contributed by atoms with van der Waals surface area (Å²) in [7, 11) is 0. The molecule has 3 rings (SSSR count). The third kappa shape index (κ3) is 4.29. The van der Waals surface area contributed by atoms with Crippen molar-refractivity contribution in [1.29, 1.82) is 0 Å². The molecular weight excluding hydrogens is 380 g/mol. The molecule has 1 saturated carbocycles.